The molecule has 38 heavy (non-hydrogen) atoms. The Morgan fingerprint density at radius 1 is 1.29 bits per heavy atom. The number of fused-ring (bicyclic) bond motifs is 1. The van der Waals surface area contributed by atoms with Gasteiger partial charge in [-0.05, 0) is 43.4 Å². The number of imidazole rings is 1. The summed E-state index contributed by atoms with van der Waals surface area (Å²) in [6.07, 6.45) is -1.37. The van der Waals surface area contributed by atoms with Crippen LogP contribution in [0.25, 0.3) is 11.2 Å². The summed E-state index contributed by atoms with van der Waals surface area (Å²) in [7, 11) is 1.39. The number of carbonyl (C=O) groups is 2. The van der Waals surface area contributed by atoms with Crippen LogP contribution < -0.4 is 11.1 Å². The number of carbonyl (C=O) groups excluding carboxylic acids is 2. The summed E-state index contributed by atoms with van der Waals surface area (Å²) in [5.74, 6) is 4.40. The third kappa shape index (κ3) is 4.65. The molecular formula is C25H26FN7O5. The highest BCUT2D eigenvalue weighted by Gasteiger charge is 2.47. The molecule has 1 saturated heterocycles. The van der Waals surface area contributed by atoms with Gasteiger partial charge in [-0.2, -0.15) is 0 Å². The van der Waals surface area contributed by atoms with Gasteiger partial charge in [-0.3, -0.25) is 14.2 Å². The zero-order valence-electron chi connectivity index (χ0n) is 20.4. The Labute approximate surface area is 216 Å². The van der Waals surface area contributed by atoms with Gasteiger partial charge in [0.2, 0.25) is 5.82 Å². The standard InChI is InChI=1S/C25H26FN7O5/c1-28-23(36)20-18(34)19(35)25(38-20)33-12-29-17-21(27)30-16(31-22(17)33)9-4-10-32(15-7-3-8-15)24(37)13-5-2-6-14(26)11-13/h2,5-6,11-12,15,18-20,25,34-35H,3,7-8,10H2,1H3,(H,28,36)(H2,27,30,31)/t18-,19+,20-,25+/m0/s1. The number of aromatic nitrogens is 4. The number of anilines is 1. The van der Waals surface area contributed by atoms with Crippen molar-refractivity contribution in [3.63, 3.8) is 0 Å². The molecule has 12 nitrogen and oxygen atoms in total. The van der Waals surface area contributed by atoms with Crippen LogP contribution in [0.4, 0.5) is 10.2 Å². The first-order valence-electron chi connectivity index (χ1n) is 12.1. The topological polar surface area (TPSA) is 169 Å². The first kappa shape index (κ1) is 25.5. The average molecular weight is 524 g/mol. The van der Waals surface area contributed by atoms with E-state index < -0.39 is 36.3 Å². The van der Waals surface area contributed by atoms with Crippen molar-refractivity contribution in [1.29, 1.82) is 0 Å². The Bertz CT molecular complexity index is 1450. The molecule has 198 valence electrons. The van der Waals surface area contributed by atoms with Crippen molar-refractivity contribution in [2.24, 2.45) is 0 Å². The van der Waals surface area contributed by atoms with Crippen molar-refractivity contribution in [1.82, 2.24) is 29.7 Å². The highest BCUT2D eigenvalue weighted by atomic mass is 19.1. The average Bonchev–Trinajstić information content (AvgIpc) is 3.42. The predicted octanol–water partition coefficient (Wildman–Crippen LogP) is -0.0408. The smallest absolute Gasteiger partial charge is 0.254 e. The number of hydrogen-bond acceptors (Lipinski definition) is 9. The Kier molecular flexibility index (Phi) is 6.94. The van der Waals surface area contributed by atoms with Gasteiger partial charge in [0.15, 0.2) is 23.8 Å². The number of nitrogens with two attached hydrogens (primary N) is 1. The van der Waals surface area contributed by atoms with Crippen LogP contribution in [0.5, 0.6) is 0 Å². The molecule has 1 aliphatic carbocycles. The normalized spacial score (nSPS) is 22.9. The highest BCUT2D eigenvalue weighted by Crippen LogP contribution is 2.32. The molecule has 3 heterocycles. The Morgan fingerprint density at radius 3 is 2.76 bits per heavy atom. The third-order valence-electron chi connectivity index (χ3n) is 6.76. The molecule has 0 bridgehead atoms. The monoisotopic (exact) mass is 523 g/mol. The summed E-state index contributed by atoms with van der Waals surface area (Å²) in [4.78, 5) is 39.4. The molecule has 13 heteroatoms. The Morgan fingerprint density at radius 2 is 2.08 bits per heavy atom. The minimum atomic E-state index is -1.47. The lowest BCUT2D eigenvalue weighted by Gasteiger charge is -2.36. The number of nitrogen functional groups attached to an aromatic ring is 1. The number of nitrogens with zero attached hydrogens (tertiary/aromatic N) is 5. The Hall–Kier alpha value is -4.12. The minimum absolute atomic E-state index is 0.00987. The lowest BCUT2D eigenvalue weighted by Crippen LogP contribution is -2.44. The second-order valence-corrected chi connectivity index (χ2v) is 9.13. The number of aliphatic hydroxyl groups is 2. The van der Waals surface area contributed by atoms with Gasteiger partial charge >= 0.3 is 0 Å². The molecule has 2 amide bonds. The van der Waals surface area contributed by atoms with Crippen molar-refractivity contribution < 1.29 is 28.9 Å². The van der Waals surface area contributed by atoms with E-state index in [0.29, 0.717) is 0 Å². The fourth-order valence-electron chi connectivity index (χ4n) is 4.48. The van der Waals surface area contributed by atoms with Crippen molar-refractivity contribution in [2.75, 3.05) is 19.3 Å². The lowest BCUT2D eigenvalue weighted by molar-refractivity contribution is -0.137. The largest absolute Gasteiger partial charge is 0.387 e. The van der Waals surface area contributed by atoms with Crippen LogP contribution in [-0.4, -0.2) is 84.4 Å². The molecule has 4 atom stereocenters. The molecule has 5 N–H and O–H groups in total. The number of amides is 2. The molecule has 1 saturated carbocycles. The highest BCUT2D eigenvalue weighted by molar-refractivity contribution is 5.94. The maximum absolute atomic E-state index is 13.7. The van der Waals surface area contributed by atoms with E-state index in [1.54, 1.807) is 11.0 Å². The van der Waals surface area contributed by atoms with Crippen LogP contribution in [0.2, 0.25) is 0 Å². The van der Waals surface area contributed by atoms with E-state index in [9.17, 15) is 24.2 Å². The summed E-state index contributed by atoms with van der Waals surface area (Å²) in [5.41, 5.74) is 6.72. The van der Waals surface area contributed by atoms with Crippen molar-refractivity contribution in [3.8, 4) is 11.8 Å². The minimum Gasteiger partial charge on any atom is -0.387 e. The van der Waals surface area contributed by atoms with Gasteiger partial charge in [0.05, 0.1) is 12.9 Å². The van der Waals surface area contributed by atoms with Gasteiger partial charge in [-0.1, -0.05) is 12.0 Å². The number of rotatable bonds is 5. The molecule has 2 fully saturated rings. The maximum Gasteiger partial charge on any atom is 0.254 e. The summed E-state index contributed by atoms with van der Waals surface area (Å²) in [6, 6.07) is 5.54. The van der Waals surface area contributed by atoms with E-state index in [-0.39, 0.29) is 46.9 Å². The first-order chi connectivity index (χ1) is 18.3. The summed E-state index contributed by atoms with van der Waals surface area (Å²) < 4.78 is 20.6. The van der Waals surface area contributed by atoms with Crippen molar-refractivity contribution >= 4 is 28.8 Å². The maximum atomic E-state index is 13.7. The Balaban J connectivity index is 1.41. The number of nitrogens with one attached hydrogen (secondary N) is 1. The van der Waals surface area contributed by atoms with Crippen molar-refractivity contribution in [3.05, 3.63) is 47.8 Å². The van der Waals surface area contributed by atoms with Crippen LogP contribution in [0.3, 0.4) is 0 Å². The van der Waals surface area contributed by atoms with Gasteiger partial charge < -0.3 is 30.9 Å². The number of hydrogen-bond donors (Lipinski definition) is 4. The second kappa shape index (κ2) is 10.3. The van der Waals surface area contributed by atoms with E-state index in [0.717, 1.165) is 19.3 Å². The van der Waals surface area contributed by atoms with Crippen LogP contribution in [0.1, 0.15) is 41.7 Å². The molecule has 0 radical (unpaired) electrons. The summed E-state index contributed by atoms with van der Waals surface area (Å²) in [6.45, 7) is 0.0744. The number of aliphatic hydroxyl groups excluding tert-OH is 2. The quantitative estimate of drug-likeness (QED) is 0.335. The molecule has 2 aliphatic rings. The zero-order valence-corrected chi connectivity index (χ0v) is 20.4. The van der Waals surface area contributed by atoms with Crippen LogP contribution in [-0.2, 0) is 9.53 Å². The lowest BCUT2D eigenvalue weighted by atomic mass is 9.91. The molecule has 5 rings (SSSR count). The molecular weight excluding hydrogens is 497 g/mol. The molecule has 0 unspecified atom stereocenters. The number of benzene rings is 1. The van der Waals surface area contributed by atoms with E-state index in [1.165, 1.54) is 36.1 Å². The van der Waals surface area contributed by atoms with E-state index in [4.69, 9.17) is 10.5 Å². The van der Waals surface area contributed by atoms with Gasteiger partial charge in [0, 0.05) is 18.7 Å². The van der Waals surface area contributed by atoms with E-state index in [2.05, 4.69) is 32.1 Å². The predicted molar refractivity (Wildman–Crippen MR) is 132 cm³/mol. The fraction of sp³-hybridized carbons (Fsp3) is 0.400. The van der Waals surface area contributed by atoms with E-state index >= 15 is 0 Å². The van der Waals surface area contributed by atoms with Crippen LogP contribution >= 0.6 is 0 Å². The van der Waals surface area contributed by atoms with Crippen LogP contribution in [0, 0.1) is 17.7 Å². The SMILES string of the molecule is CNC(=O)[C@H]1O[C@@H](n2cnc3c(N)nc(C#CCN(C(=O)c4cccc(F)c4)C4CCC4)nc32)[C@H](O)[C@@H]1O. The first-order valence-corrected chi connectivity index (χ1v) is 12.1. The van der Waals surface area contributed by atoms with Gasteiger partial charge in [-0.25, -0.2) is 19.3 Å². The van der Waals surface area contributed by atoms with Crippen molar-refractivity contribution in [2.45, 2.75) is 49.8 Å². The molecule has 1 aliphatic heterocycles. The fourth-order valence-corrected chi connectivity index (χ4v) is 4.48. The number of halogens is 1. The molecule has 3 aromatic rings. The molecule has 0 spiro atoms. The zero-order chi connectivity index (χ0) is 27.0. The van der Waals surface area contributed by atoms with Gasteiger partial charge in [-0.15, -0.1) is 0 Å². The molecule has 2 aromatic heterocycles. The van der Waals surface area contributed by atoms with Crippen LogP contribution in [0.15, 0.2) is 30.6 Å². The summed E-state index contributed by atoms with van der Waals surface area (Å²) >= 11 is 0. The number of likely N-dealkylation sites (N-methyl/N-ethyl adjacent to an activating group) is 1. The van der Waals surface area contributed by atoms with Gasteiger partial charge in [0.1, 0.15) is 23.5 Å². The van der Waals surface area contributed by atoms with E-state index in [1.807, 2.05) is 0 Å². The van der Waals surface area contributed by atoms with Gasteiger partial charge in [0.25, 0.3) is 11.8 Å². The second-order valence-electron chi connectivity index (χ2n) is 9.13. The third-order valence-corrected chi connectivity index (χ3v) is 6.76. The summed E-state index contributed by atoms with van der Waals surface area (Å²) in [5, 5.41) is 23.2. The number of ether oxygens (including phenoxy) is 1. The molecule has 1 aromatic carbocycles.